The van der Waals surface area contributed by atoms with Crippen LogP contribution in [0, 0.1) is 20.8 Å². The number of para-hydroxylation sites is 4. The topological polar surface area (TPSA) is 11.4 Å². The minimum absolute atomic E-state index is 0.0143. The van der Waals surface area contributed by atoms with Crippen LogP contribution in [0.2, 0.25) is 0 Å². The van der Waals surface area contributed by atoms with E-state index in [1.54, 1.807) is 0 Å². The highest BCUT2D eigenvalue weighted by molar-refractivity contribution is 7.22. The molecule has 0 N–H and O–H groups in total. The molecule has 10 aromatic rings. The predicted octanol–water partition coefficient (Wildman–Crippen LogP) is 9.48. The monoisotopic (exact) mass is 807 g/mol. The van der Waals surface area contributed by atoms with E-state index >= 15 is 0 Å². The first-order valence-electron chi connectivity index (χ1n) is 21.8. The Morgan fingerprint density at radius 2 is 0.935 bits per heavy atom. The van der Waals surface area contributed by atoms with Crippen LogP contribution in [0.3, 0.4) is 0 Å². The van der Waals surface area contributed by atoms with Crippen molar-refractivity contribution in [3.63, 3.8) is 0 Å². The Morgan fingerprint density at radius 1 is 0.403 bits per heavy atom. The molecule has 13 rings (SSSR count). The summed E-state index contributed by atoms with van der Waals surface area (Å²) in [6.07, 6.45) is 0. The van der Waals surface area contributed by atoms with E-state index in [0.717, 1.165) is 5.69 Å². The molecule has 0 saturated heterocycles. The van der Waals surface area contributed by atoms with Crippen LogP contribution in [0.25, 0.3) is 27.5 Å². The summed E-state index contributed by atoms with van der Waals surface area (Å²) in [6.45, 7) is 6.80. The van der Waals surface area contributed by atoms with Crippen LogP contribution < -0.4 is 46.9 Å². The van der Waals surface area contributed by atoms with E-state index in [1.807, 2.05) is 0 Å². The van der Waals surface area contributed by atoms with Crippen molar-refractivity contribution in [1.29, 1.82) is 0 Å². The second kappa shape index (κ2) is 13.1. The average Bonchev–Trinajstić information content (AvgIpc) is 3.65. The van der Waals surface area contributed by atoms with Gasteiger partial charge in [0.2, 0.25) is 0 Å². The van der Waals surface area contributed by atoms with Gasteiger partial charge in [0.1, 0.15) is 0 Å². The lowest BCUT2D eigenvalue weighted by atomic mass is 9.33. The summed E-state index contributed by atoms with van der Waals surface area (Å²) in [5.41, 5.74) is 19.1. The van der Waals surface area contributed by atoms with Gasteiger partial charge >= 0.3 is 0 Å². The van der Waals surface area contributed by atoms with E-state index in [2.05, 4.69) is 235 Å². The predicted molar refractivity (Wildman–Crippen MR) is 266 cm³/mol. The van der Waals surface area contributed by atoms with Gasteiger partial charge in [0.15, 0.2) is 8.07 Å². The van der Waals surface area contributed by atoms with E-state index in [-0.39, 0.29) is 6.71 Å². The molecule has 62 heavy (non-hydrogen) atoms. The normalized spacial score (nSPS) is 14.1. The molecule has 0 fully saturated rings. The first kappa shape index (κ1) is 35.4. The van der Waals surface area contributed by atoms with E-state index in [9.17, 15) is 0 Å². The van der Waals surface area contributed by atoms with Crippen molar-refractivity contribution in [2.75, 3.05) is 9.80 Å². The third-order valence-corrected chi connectivity index (χ3v) is 18.9. The molecule has 0 radical (unpaired) electrons. The second-order valence-corrected chi connectivity index (χ2v) is 21.1. The summed E-state index contributed by atoms with van der Waals surface area (Å²) in [5.74, 6) is 0. The number of benzene rings is 9. The Labute approximate surface area is 363 Å². The van der Waals surface area contributed by atoms with Gasteiger partial charge in [-0.2, -0.15) is 0 Å². The molecule has 1 aromatic heterocycles. The Hall–Kier alpha value is -7.34. The Bertz CT molecular complexity index is 3370. The van der Waals surface area contributed by atoms with Gasteiger partial charge in [-0.1, -0.05) is 163 Å². The molecule has 0 bridgehead atoms. The maximum absolute atomic E-state index is 2.82. The Morgan fingerprint density at radius 3 is 1.60 bits per heavy atom. The number of aromatic nitrogens is 1. The number of hydrogen-bond donors (Lipinski definition) is 0. The Kier molecular flexibility index (Phi) is 7.47. The van der Waals surface area contributed by atoms with Gasteiger partial charge in [-0.3, -0.25) is 0 Å². The highest BCUT2D eigenvalue weighted by atomic mass is 28.3. The molecule has 0 aliphatic carbocycles. The van der Waals surface area contributed by atoms with Gasteiger partial charge in [0.25, 0.3) is 6.71 Å². The molecule has 0 atom stereocenters. The van der Waals surface area contributed by atoms with Crippen molar-refractivity contribution in [1.82, 2.24) is 4.57 Å². The minimum atomic E-state index is -2.82. The standard InChI is InChI=1S/C57H42BN3Si/c1-37-34-38(2)56(39(3)35-37)61-51-29-17-28-50-55(51)58(45-33-32-40(36-52(45)61)59-47-25-12-10-22-43(47)44-23-11-13-26-48(44)59)46-24-16-31-54-57(46)60(50)49-27-14-15-30-53(49)62(54,41-18-6-4-7-19-41)42-20-8-5-9-21-42/h4-36H,1-3H3. The van der Waals surface area contributed by atoms with E-state index in [0.29, 0.717) is 0 Å². The summed E-state index contributed by atoms with van der Waals surface area (Å²) in [4.78, 5) is 5.24. The lowest BCUT2D eigenvalue weighted by Gasteiger charge is -2.50. The van der Waals surface area contributed by atoms with Crippen molar-refractivity contribution in [2.45, 2.75) is 20.8 Å². The smallest absolute Gasteiger partial charge is 0.252 e. The van der Waals surface area contributed by atoms with E-state index in [1.165, 1.54) is 110 Å². The number of aryl methyl sites for hydroxylation is 3. The van der Waals surface area contributed by atoms with Gasteiger partial charge in [-0.05, 0) is 111 Å². The minimum Gasteiger partial charge on any atom is -0.312 e. The molecule has 4 heterocycles. The van der Waals surface area contributed by atoms with Gasteiger partial charge in [-0.15, -0.1) is 0 Å². The highest BCUT2D eigenvalue weighted by Crippen LogP contribution is 2.47. The first-order valence-corrected chi connectivity index (χ1v) is 23.8. The SMILES string of the molecule is Cc1cc(C)c(N2c3cc(-n4c5ccccc5c5ccccc54)ccc3B3c4cccc5c4N(c4ccccc4[Si]5(c4ccccc4)c4ccccc4)c4cccc2c43)c(C)c1. The quantitative estimate of drug-likeness (QED) is 0.164. The van der Waals surface area contributed by atoms with Crippen molar-refractivity contribution in [3.05, 3.63) is 217 Å². The molecule has 3 nitrogen and oxygen atoms in total. The highest BCUT2D eigenvalue weighted by Gasteiger charge is 2.53. The van der Waals surface area contributed by atoms with Crippen molar-refractivity contribution >= 4 is 108 Å². The maximum Gasteiger partial charge on any atom is 0.252 e. The zero-order chi connectivity index (χ0) is 41.3. The maximum atomic E-state index is 2.64. The lowest BCUT2D eigenvalue weighted by Crippen LogP contribution is -2.79. The van der Waals surface area contributed by atoms with Gasteiger partial charge in [0.05, 0.1) is 16.7 Å². The second-order valence-electron chi connectivity index (χ2n) is 17.4. The zero-order valence-corrected chi connectivity index (χ0v) is 36.0. The Balaban J connectivity index is 1.15. The molecule has 0 saturated carbocycles. The van der Waals surface area contributed by atoms with Crippen LogP contribution >= 0.6 is 0 Å². The molecule has 3 aliphatic heterocycles. The van der Waals surface area contributed by atoms with Crippen LogP contribution in [-0.2, 0) is 0 Å². The number of fused-ring (bicyclic) bond motifs is 9. The van der Waals surface area contributed by atoms with E-state index < -0.39 is 8.07 Å². The van der Waals surface area contributed by atoms with Crippen molar-refractivity contribution < 1.29 is 0 Å². The van der Waals surface area contributed by atoms with Crippen molar-refractivity contribution in [2.24, 2.45) is 0 Å². The molecular formula is C57H42BN3Si. The lowest BCUT2D eigenvalue weighted by molar-refractivity contribution is 1.16. The molecule has 3 aliphatic rings. The summed E-state index contributed by atoms with van der Waals surface area (Å²) >= 11 is 0. The molecule has 0 unspecified atom stereocenters. The average molecular weight is 808 g/mol. The van der Waals surface area contributed by atoms with Crippen molar-refractivity contribution in [3.8, 4) is 5.69 Å². The largest absolute Gasteiger partial charge is 0.312 e. The summed E-state index contributed by atoms with van der Waals surface area (Å²) in [5, 5.41) is 8.22. The number of anilines is 6. The third-order valence-electron chi connectivity index (χ3n) is 14.1. The van der Waals surface area contributed by atoms with Gasteiger partial charge in [-0.25, -0.2) is 0 Å². The van der Waals surface area contributed by atoms with Crippen LogP contribution in [0.1, 0.15) is 16.7 Å². The summed E-state index contributed by atoms with van der Waals surface area (Å²) < 4.78 is 2.47. The zero-order valence-electron chi connectivity index (χ0n) is 35.0. The van der Waals surface area contributed by atoms with Crippen LogP contribution in [0.5, 0.6) is 0 Å². The first-order chi connectivity index (χ1) is 30.5. The number of nitrogens with zero attached hydrogens (tertiary/aromatic N) is 3. The van der Waals surface area contributed by atoms with Gasteiger partial charge < -0.3 is 14.4 Å². The summed E-state index contributed by atoms with van der Waals surface area (Å²) in [7, 11) is -2.82. The fourth-order valence-corrected chi connectivity index (χ4v) is 17.1. The number of hydrogen-bond acceptors (Lipinski definition) is 2. The third kappa shape index (κ3) is 4.61. The molecule has 5 heteroatoms. The molecular weight excluding hydrogens is 766 g/mol. The summed E-state index contributed by atoms with van der Waals surface area (Å²) in [6, 6.07) is 76.1. The fourth-order valence-electron chi connectivity index (χ4n) is 11.9. The van der Waals surface area contributed by atoms with E-state index in [4.69, 9.17) is 0 Å². The number of rotatable bonds is 4. The molecule has 0 amide bonds. The fraction of sp³-hybridized carbons (Fsp3) is 0.0526. The molecule has 292 valence electrons. The van der Waals surface area contributed by atoms with Crippen LogP contribution in [0.15, 0.2) is 200 Å². The van der Waals surface area contributed by atoms with Crippen LogP contribution in [-0.4, -0.2) is 19.4 Å². The molecule has 9 aromatic carbocycles. The van der Waals surface area contributed by atoms with Gasteiger partial charge in [0, 0.05) is 44.9 Å². The molecule has 0 spiro atoms. The van der Waals surface area contributed by atoms with Crippen LogP contribution in [0.4, 0.5) is 34.1 Å².